The first-order valence-corrected chi connectivity index (χ1v) is 8.86. The molecule has 2 amide bonds. The maximum absolute atomic E-state index is 12.7. The van der Waals surface area contributed by atoms with Gasteiger partial charge in [0.25, 0.3) is 11.5 Å². The Kier molecular flexibility index (Phi) is 4.94. The van der Waals surface area contributed by atoms with Crippen molar-refractivity contribution in [2.24, 2.45) is 5.92 Å². The van der Waals surface area contributed by atoms with Crippen LogP contribution in [0.5, 0.6) is 0 Å². The highest BCUT2D eigenvalue weighted by molar-refractivity contribution is 6.30. The van der Waals surface area contributed by atoms with Gasteiger partial charge in [0.2, 0.25) is 5.91 Å². The van der Waals surface area contributed by atoms with E-state index in [2.05, 4.69) is 11.9 Å². The summed E-state index contributed by atoms with van der Waals surface area (Å²) < 4.78 is 0. The van der Waals surface area contributed by atoms with Gasteiger partial charge in [0.1, 0.15) is 5.56 Å². The molecule has 2 saturated heterocycles. The molecule has 24 heavy (non-hydrogen) atoms. The third-order valence-electron chi connectivity index (χ3n) is 4.99. The number of pyridine rings is 1. The van der Waals surface area contributed by atoms with Crippen molar-refractivity contribution in [3.8, 4) is 0 Å². The van der Waals surface area contributed by atoms with Crippen molar-refractivity contribution in [2.45, 2.75) is 38.6 Å². The maximum Gasteiger partial charge on any atom is 0.260 e. The summed E-state index contributed by atoms with van der Waals surface area (Å²) in [5.74, 6) is 0.227. The van der Waals surface area contributed by atoms with Crippen molar-refractivity contribution in [3.05, 3.63) is 33.2 Å². The Bertz CT molecular complexity index is 703. The van der Waals surface area contributed by atoms with E-state index < -0.39 is 5.56 Å². The zero-order valence-electron chi connectivity index (χ0n) is 13.8. The highest BCUT2D eigenvalue weighted by Crippen LogP contribution is 2.31. The molecule has 1 aromatic rings. The zero-order valence-corrected chi connectivity index (χ0v) is 14.5. The van der Waals surface area contributed by atoms with Crippen LogP contribution in [0.4, 0.5) is 0 Å². The topological polar surface area (TPSA) is 73.5 Å². The van der Waals surface area contributed by atoms with E-state index in [9.17, 15) is 14.4 Å². The number of aromatic amines is 1. The Morgan fingerprint density at radius 3 is 2.92 bits per heavy atom. The molecule has 0 aliphatic carbocycles. The van der Waals surface area contributed by atoms with E-state index in [1.54, 1.807) is 4.90 Å². The summed E-state index contributed by atoms with van der Waals surface area (Å²) in [5.41, 5.74) is -0.337. The normalized spacial score (nSPS) is 24.0. The number of halogens is 1. The summed E-state index contributed by atoms with van der Waals surface area (Å²) in [4.78, 5) is 42.9. The van der Waals surface area contributed by atoms with Crippen LogP contribution in [0.1, 0.15) is 43.0 Å². The van der Waals surface area contributed by atoms with Crippen LogP contribution in [-0.4, -0.2) is 52.3 Å². The van der Waals surface area contributed by atoms with Gasteiger partial charge < -0.3 is 14.8 Å². The smallest absolute Gasteiger partial charge is 0.260 e. The van der Waals surface area contributed by atoms with E-state index in [1.807, 2.05) is 4.90 Å². The Morgan fingerprint density at radius 2 is 2.17 bits per heavy atom. The molecule has 6 nitrogen and oxygen atoms in total. The second-order valence-electron chi connectivity index (χ2n) is 6.55. The van der Waals surface area contributed by atoms with Gasteiger partial charge in [-0.15, -0.1) is 0 Å². The number of piperidine rings is 2. The Labute approximate surface area is 145 Å². The standard InChI is InChI=1S/C17H22ClN3O3/c1-2-6-21-14-5-7-20(10-11(14)3-4-15(21)22)17(24)13-8-12(18)9-19-16(13)23/h8-9,11,14H,2-7,10H2,1H3,(H,19,23)/t11-,14+/m0/s1. The van der Waals surface area contributed by atoms with Gasteiger partial charge >= 0.3 is 0 Å². The molecule has 1 N–H and O–H groups in total. The lowest BCUT2D eigenvalue weighted by Crippen LogP contribution is -2.57. The van der Waals surface area contributed by atoms with Crippen LogP contribution in [0.2, 0.25) is 5.02 Å². The molecule has 7 heteroatoms. The predicted molar refractivity (Wildman–Crippen MR) is 91.1 cm³/mol. The summed E-state index contributed by atoms with van der Waals surface area (Å²) in [6, 6.07) is 1.63. The average Bonchev–Trinajstić information content (AvgIpc) is 2.58. The number of rotatable bonds is 3. The van der Waals surface area contributed by atoms with Gasteiger partial charge in [-0.05, 0) is 31.2 Å². The van der Waals surface area contributed by atoms with Gasteiger partial charge in [-0.2, -0.15) is 0 Å². The monoisotopic (exact) mass is 351 g/mol. The highest BCUT2D eigenvalue weighted by atomic mass is 35.5. The molecular formula is C17H22ClN3O3. The Balaban J connectivity index is 1.75. The number of aromatic nitrogens is 1. The number of likely N-dealkylation sites (tertiary alicyclic amines) is 2. The fraction of sp³-hybridized carbons (Fsp3) is 0.588. The number of fused-ring (bicyclic) bond motifs is 1. The highest BCUT2D eigenvalue weighted by Gasteiger charge is 2.40. The number of hydrogen-bond acceptors (Lipinski definition) is 3. The van der Waals surface area contributed by atoms with Crippen LogP contribution < -0.4 is 5.56 Å². The number of nitrogens with one attached hydrogen (secondary N) is 1. The maximum atomic E-state index is 12.7. The Hall–Kier alpha value is -1.82. The SMILES string of the molecule is CCCN1C(=O)CC[C@H]2CN(C(=O)c3cc(Cl)c[nH]c3=O)CC[C@H]21. The summed E-state index contributed by atoms with van der Waals surface area (Å²) in [6.07, 6.45) is 4.43. The van der Waals surface area contributed by atoms with Crippen molar-refractivity contribution >= 4 is 23.4 Å². The van der Waals surface area contributed by atoms with Gasteiger partial charge in [-0.3, -0.25) is 14.4 Å². The molecule has 0 saturated carbocycles. The van der Waals surface area contributed by atoms with Crippen molar-refractivity contribution in [3.63, 3.8) is 0 Å². The molecule has 2 aliphatic rings. The van der Waals surface area contributed by atoms with E-state index >= 15 is 0 Å². The fourth-order valence-corrected chi connectivity index (χ4v) is 4.02. The third kappa shape index (κ3) is 3.20. The second kappa shape index (κ2) is 6.97. The van der Waals surface area contributed by atoms with Crippen molar-refractivity contribution in [1.82, 2.24) is 14.8 Å². The third-order valence-corrected chi connectivity index (χ3v) is 5.21. The molecule has 3 rings (SSSR count). The van der Waals surface area contributed by atoms with Gasteiger partial charge in [0.15, 0.2) is 0 Å². The lowest BCUT2D eigenvalue weighted by atomic mass is 9.83. The number of H-pyrrole nitrogens is 1. The minimum Gasteiger partial charge on any atom is -0.339 e. The van der Waals surface area contributed by atoms with Gasteiger partial charge in [-0.1, -0.05) is 18.5 Å². The molecule has 0 unspecified atom stereocenters. The van der Waals surface area contributed by atoms with Crippen molar-refractivity contribution < 1.29 is 9.59 Å². The molecule has 130 valence electrons. The van der Waals surface area contributed by atoms with E-state index in [1.165, 1.54) is 12.3 Å². The summed E-state index contributed by atoms with van der Waals surface area (Å²) in [7, 11) is 0. The number of nitrogens with zero attached hydrogens (tertiary/aromatic N) is 2. The van der Waals surface area contributed by atoms with E-state index in [-0.39, 0.29) is 29.3 Å². The molecule has 0 aromatic carbocycles. The first-order valence-electron chi connectivity index (χ1n) is 8.48. The minimum atomic E-state index is -0.419. The molecule has 2 atom stereocenters. The first kappa shape index (κ1) is 17.0. The average molecular weight is 352 g/mol. The molecule has 2 aliphatic heterocycles. The quantitative estimate of drug-likeness (QED) is 0.903. The Morgan fingerprint density at radius 1 is 1.38 bits per heavy atom. The van der Waals surface area contributed by atoms with Crippen LogP contribution in [0, 0.1) is 5.92 Å². The molecule has 0 radical (unpaired) electrons. The number of carbonyl (C=O) groups excluding carboxylic acids is 2. The summed E-state index contributed by atoms with van der Waals surface area (Å²) in [5, 5.41) is 0.338. The van der Waals surface area contributed by atoms with Crippen LogP contribution >= 0.6 is 11.6 Å². The lowest BCUT2D eigenvalue weighted by Gasteiger charge is -2.47. The molecule has 1 aromatic heterocycles. The second-order valence-corrected chi connectivity index (χ2v) is 6.99. The lowest BCUT2D eigenvalue weighted by molar-refractivity contribution is -0.140. The van der Waals surface area contributed by atoms with Crippen LogP contribution in [0.3, 0.4) is 0 Å². The number of carbonyl (C=O) groups is 2. The van der Waals surface area contributed by atoms with Gasteiger partial charge in [-0.25, -0.2) is 0 Å². The van der Waals surface area contributed by atoms with Crippen LogP contribution in [-0.2, 0) is 4.79 Å². The van der Waals surface area contributed by atoms with E-state index in [0.29, 0.717) is 24.5 Å². The van der Waals surface area contributed by atoms with Gasteiger partial charge in [0, 0.05) is 38.3 Å². The van der Waals surface area contributed by atoms with Crippen LogP contribution in [0.25, 0.3) is 0 Å². The summed E-state index contributed by atoms with van der Waals surface area (Å²) in [6.45, 7) is 3.99. The molecule has 2 fully saturated rings. The van der Waals surface area contributed by atoms with Crippen molar-refractivity contribution in [2.75, 3.05) is 19.6 Å². The van der Waals surface area contributed by atoms with E-state index in [0.717, 1.165) is 25.8 Å². The van der Waals surface area contributed by atoms with E-state index in [4.69, 9.17) is 11.6 Å². The minimum absolute atomic E-state index is 0.0817. The van der Waals surface area contributed by atoms with Crippen LogP contribution in [0.15, 0.2) is 17.1 Å². The molecule has 3 heterocycles. The van der Waals surface area contributed by atoms with Crippen molar-refractivity contribution in [1.29, 1.82) is 0 Å². The number of amides is 2. The molecule has 0 spiro atoms. The largest absolute Gasteiger partial charge is 0.339 e. The fourth-order valence-electron chi connectivity index (χ4n) is 3.85. The van der Waals surface area contributed by atoms with Gasteiger partial charge in [0.05, 0.1) is 5.02 Å². The number of hydrogen-bond donors (Lipinski definition) is 1. The molecule has 0 bridgehead atoms. The summed E-state index contributed by atoms with van der Waals surface area (Å²) >= 11 is 5.90. The predicted octanol–water partition coefficient (Wildman–Crippen LogP) is 1.89. The first-order chi connectivity index (χ1) is 11.5. The zero-order chi connectivity index (χ0) is 17.3. The molecular weight excluding hydrogens is 330 g/mol.